The van der Waals surface area contributed by atoms with Crippen molar-refractivity contribution in [2.24, 2.45) is 0 Å². The molecule has 0 heterocycles. The van der Waals surface area contributed by atoms with Gasteiger partial charge in [-0.2, -0.15) is 0 Å². The normalized spacial score (nSPS) is 13.0. The second kappa shape index (κ2) is 19.7. The van der Waals surface area contributed by atoms with Gasteiger partial charge in [0.2, 0.25) is 0 Å². The van der Waals surface area contributed by atoms with Gasteiger partial charge in [0, 0.05) is 13.1 Å². The van der Waals surface area contributed by atoms with Gasteiger partial charge in [0.1, 0.15) is 0 Å². The van der Waals surface area contributed by atoms with Crippen LogP contribution in [-0.4, -0.2) is 24.3 Å². The Balaban J connectivity index is 3.18. The summed E-state index contributed by atoms with van der Waals surface area (Å²) in [6.45, 7) is 6.40. The van der Waals surface area contributed by atoms with Gasteiger partial charge in [-0.15, -0.1) is 0 Å². The van der Waals surface area contributed by atoms with Crippen molar-refractivity contribution >= 4 is 0 Å². The van der Waals surface area contributed by atoms with Crippen molar-refractivity contribution in [1.82, 2.24) is 10.9 Å². The van der Waals surface area contributed by atoms with Crippen LogP contribution in [0, 0.1) is 0 Å². The first-order chi connectivity index (χ1) is 11.3. The summed E-state index contributed by atoms with van der Waals surface area (Å²) in [5, 5.41) is 9.86. The predicted molar refractivity (Wildman–Crippen MR) is 103 cm³/mol. The van der Waals surface area contributed by atoms with Gasteiger partial charge >= 0.3 is 0 Å². The smallest absolute Gasteiger partial charge is 0.0574 e. The summed E-state index contributed by atoms with van der Waals surface area (Å²) >= 11 is 0. The minimum Gasteiger partial charge on any atom is -0.393 e. The van der Waals surface area contributed by atoms with E-state index in [4.69, 9.17) is 0 Å². The average Bonchev–Trinajstić information content (AvgIpc) is 2.56. The standard InChI is InChI=1S/C20H42N2O/c1-3-5-6-14-17-20(23)18-15-12-10-8-7-9-11-13-16-19-22-21-4-2/h12,15,20-23H,3-11,13-14,16-19H2,1-2H3/t20-/m1/s1. The molecule has 0 bridgehead atoms. The maximum atomic E-state index is 9.86. The number of aliphatic hydroxyl groups excluding tert-OH is 1. The number of hydrazine groups is 1. The Morgan fingerprint density at radius 2 is 1.48 bits per heavy atom. The quantitative estimate of drug-likeness (QED) is 0.186. The first kappa shape index (κ1) is 22.6. The molecule has 0 unspecified atom stereocenters. The fourth-order valence-corrected chi connectivity index (χ4v) is 2.69. The van der Waals surface area contributed by atoms with Gasteiger partial charge in [-0.25, -0.2) is 0 Å². The number of hydrogen-bond acceptors (Lipinski definition) is 3. The predicted octanol–water partition coefficient (Wildman–Crippen LogP) is 5.11. The van der Waals surface area contributed by atoms with Crippen LogP contribution < -0.4 is 10.9 Å². The molecule has 0 aromatic carbocycles. The number of allylic oxidation sites excluding steroid dienone is 1. The highest BCUT2D eigenvalue weighted by molar-refractivity contribution is 4.84. The highest BCUT2D eigenvalue weighted by atomic mass is 16.3. The van der Waals surface area contributed by atoms with Crippen molar-refractivity contribution in [2.75, 3.05) is 13.1 Å². The molecule has 0 aliphatic rings. The lowest BCUT2D eigenvalue weighted by molar-refractivity contribution is 0.163. The lowest BCUT2D eigenvalue weighted by atomic mass is 10.1. The Morgan fingerprint density at radius 1 is 0.783 bits per heavy atom. The van der Waals surface area contributed by atoms with E-state index >= 15 is 0 Å². The zero-order chi connectivity index (χ0) is 17.0. The van der Waals surface area contributed by atoms with Crippen LogP contribution in [0.3, 0.4) is 0 Å². The monoisotopic (exact) mass is 326 g/mol. The van der Waals surface area contributed by atoms with E-state index in [9.17, 15) is 5.11 Å². The van der Waals surface area contributed by atoms with Crippen LogP contribution in [0.2, 0.25) is 0 Å². The van der Waals surface area contributed by atoms with Crippen LogP contribution in [0.5, 0.6) is 0 Å². The van der Waals surface area contributed by atoms with E-state index in [0.29, 0.717) is 0 Å². The van der Waals surface area contributed by atoms with Crippen LogP contribution in [-0.2, 0) is 0 Å². The van der Waals surface area contributed by atoms with Crippen molar-refractivity contribution < 1.29 is 5.11 Å². The second-order valence-electron chi connectivity index (χ2n) is 6.58. The van der Waals surface area contributed by atoms with E-state index in [2.05, 4.69) is 36.9 Å². The molecular weight excluding hydrogens is 284 g/mol. The minimum atomic E-state index is -0.126. The van der Waals surface area contributed by atoms with Gasteiger partial charge < -0.3 is 5.11 Å². The molecule has 0 fully saturated rings. The highest BCUT2D eigenvalue weighted by Crippen LogP contribution is 2.10. The largest absolute Gasteiger partial charge is 0.393 e. The van der Waals surface area contributed by atoms with Crippen molar-refractivity contribution in [3.05, 3.63) is 12.2 Å². The first-order valence-electron chi connectivity index (χ1n) is 10.1. The maximum Gasteiger partial charge on any atom is 0.0574 e. The lowest BCUT2D eigenvalue weighted by Crippen LogP contribution is -2.31. The van der Waals surface area contributed by atoms with Crippen LogP contribution in [0.25, 0.3) is 0 Å². The Kier molecular flexibility index (Phi) is 19.3. The molecule has 0 rings (SSSR count). The molecule has 23 heavy (non-hydrogen) atoms. The molecule has 0 amide bonds. The summed E-state index contributed by atoms with van der Waals surface area (Å²) in [6.07, 6.45) is 20.2. The third-order valence-electron chi connectivity index (χ3n) is 4.19. The molecule has 3 N–H and O–H groups in total. The zero-order valence-corrected chi connectivity index (χ0v) is 15.8. The molecule has 138 valence electrons. The zero-order valence-electron chi connectivity index (χ0n) is 15.8. The Bertz CT molecular complexity index is 244. The van der Waals surface area contributed by atoms with Crippen molar-refractivity contribution in [1.29, 1.82) is 0 Å². The molecule has 0 saturated carbocycles. The fraction of sp³-hybridized carbons (Fsp3) is 0.900. The molecule has 1 atom stereocenters. The van der Waals surface area contributed by atoms with Crippen molar-refractivity contribution in [3.63, 3.8) is 0 Å². The third-order valence-corrected chi connectivity index (χ3v) is 4.19. The molecule has 3 nitrogen and oxygen atoms in total. The maximum absolute atomic E-state index is 9.86. The lowest BCUT2D eigenvalue weighted by Gasteiger charge is -2.07. The van der Waals surface area contributed by atoms with Gasteiger partial charge in [-0.05, 0) is 32.1 Å². The minimum absolute atomic E-state index is 0.126. The van der Waals surface area contributed by atoms with Gasteiger partial charge in [0.25, 0.3) is 0 Å². The van der Waals surface area contributed by atoms with Gasteiger partial charge in [-0.3, -0.25) is 10.9 Å². The number of aliphatic hydroxyl groups is 1. The molecule has 0 aromatic heterocycles. The molecular formula is C20H42N2O. The number of nitrogens with one attached hydrogen (secondary N) is 2. The summed E-state index contributed by atoms with van der Waals surface area (Å²) < 4.78 is 0. The van der Waals surface area contributed by atoms with E-state index < -0.39 is 0 Å². The molecule has 0 aromatic rings. The van der Waals surface area contributed by atoms with Crippen LogP contribution >= 0.6 is 0 Å². The summed E-state index contributed by atoms with van der Waals surface area (Å²) in [6, 6.07) is 0. The van der Waals surface area contributed by atoms with Crippen LogP contribution in [0.4, 0.5) is 0 Å². The summed E-state index contributed by atoms with van der Waals surface area (Å²) in [7, 11) is 0. The summed E-state index contributed by atoms with van der Waals surface area (Å²) in [4.78, 5) is 0. The molecule has 0 radical (unpaired) electrons. The molecule has 3 heteroatoms. The van der Waals surface area contributed by atoms with E-state index in [1.54, 1.807) is 0 Å². The fourth-order valence-electron chi connectivity index (χ4n) is 2.69. The molecule has 0 saturated heterocycles. The van der Waals surface area contributed by atoms with E-state index in [0.717, 1.165) is 25.9 Å². The Labute approximate surface area is 145 Å². The van der Waals surface area contributed by atoms with Crippen LogP contribution in [0.1, 0.15) is 97.3 Å². The van der Waals surface area contributed by atoms with Gasteiger partial charge in [-0.1, -0.05) is 77.4 Å². The molecule has 0 spiro atoms. The Morgan fingerprint density at radius 3 is 2.22 bits per heavy atom. The Hall–Kier alpha value is -0.380. The summed E-state index contributed by atoms with van der Waals surface area (Å²) in [5.74, 6) is 0. The van der Waals surface area contributed by atoms with Crippen molar-refractivity contribution in [2.45, 2.75) is 103 Å². The number of rotatable bonds is 18. The number of unbranched alkanes of at least 4 members (excludes halogenated alkanes) is 9. The SMILES string of the molecule is CCCCCC[C@@H](O)CC=CCCCCCCCCNNCC. The van der Waals surface area contributed by atoms with E-state index in [1.165, 1.54) is 70.6 Å². The van der Waals surface area contributed by atoms with E-state index in [-0.39, 0.29) is 6.10 Å². The average molecular weight is 327 g/mol. The second-order valence-corrected chi connectivity index (χ2v) is 6.58. The van der Waals surface area contributed by atoms with E-state index in [1.807, 2.05) is 0 Å². The number of hydrogen-bond donors (Lipinski definition) is 3. The third kappa shape index (κ3) is 19.6. The van der Waals surface area contributed by atoms with Gasteiger partial charge in [0.15, 0.2) is 0 Å². The molecule has 0 aliphatic carbocycles. The van der Waals surface area contributed by atoms with Gasteiger partial charge in [0.05, 0.1) is 6.10 Å². The van der Waals surface area contributed by atoms with Crippen LogP contribution in [0.15, 0.2) is 12.2 Å². The molecule has 0 aliphatic heterocycles. The highest BCUT2D eigenvalue weighted by Gasteiger charge is 2.00. The summed E-state index contributed by atoms with van der Waals surface area (Å²) in [5.41, 5.74) is 6.34. The first-order valence-corrected chi connectivity index (χ1v) is 10.1. The topological polar surface area (TPSA) is 44.3 Å². The van der Waals surface area contributed by atoms with Crippen molar-refractivity contribution in [3.8, 4) is 0 Å².